The molecule has 0 fully saturated rings. The summed E-state index contributed by atoms with van der Waals surface area (Å²) in [5.74, 6) is 1.68. The van der Waals surface area contributed by atoms with E-state index in [1.165, 1.54) is 0 Å². The zero-order chi connectivity index (χ0) is 22.5. The normalized spacial score (nSPS) is 11.8. The molecule has 0 saturated heterocycles. The van der Waals surface area contributed by atoms with Crippen LogP contribution in [0.15, 0.2) is 64.2 Å². The maximum atomic E-state index is 5.98. The number of hydrogen-bond donors (Lipinski definition) is 0. The first-order valence-corrected chi connectivity index (χ1v) is 11.0. The second kappa shape index (κ2) is 9.86. The van der Waals surface area contributed by atoms with Gasteiger partial charge in [0.25, 0.3) is 0 Å². The Kier molecular flexibility index (Phi) is 6.75. The zero-order valence-corrected chi connectivity index (χ0v) is 19.7. The predicted octanol–water partition coefficient (Wildman–Crippen LogP) is 4.52. The van der Waals surface area contributed by atoms with Crippen molar-refractivity contribution in [3.63, 3.8) is 0 Å². The number of tetrazole rings is 1. The Morgan fingerprint density at radius 2 is 1.91 bits per heavy atom. The van der Waals surface area contributed by atoms with Crippen LogP contribution >= 0.6 is 15.9 Å². The van der Waals surface area contributed by atoms with E-state index in [0.29, 0.717) is 24.1 Å². The van der Waals surface area contributed by atoms with Crippen LogP contribution < -0.4 is 4.74 Å². The lowest BCUT2D eigenvalue weighted by Crippen LogP contribution is -2.12. The van der Waals surface area contributed by atoms with Crippen molar-refractivity contribution in [3.05, 3.63) is 76.2 Å². The number of pyridine rings is 1. The number of fused-ring (bicyclic) bond motifs is 1. The molecule has 0 spiro atoms. The van der Waals surface area contributed by atoms with Crippen molar-refractivity contribution in [1.29, 1.82) is 0 Å². The van der Waals surface area contributed by atoms with E-state index in [4.69, 9.17) is 14.6 Å². The van der Waals surface area contributed by atoms with Crippen molar-refractivity contribution in [3.8, 4) is 5.75 Å². The average molecular weight is 495 g/mol. The van der Waals surface area contributed by atoms with Crippen LogP contribution in [-0.4, -0.2) is 37.5 Å². The van der Waals surface area contributed by atoms with Crippen LogP contribution in [0.5, 0.6) is 5.75 Å². The molecule has 0 aliphatic rings. The molecule has 0 saturated carbocycles. The molecule has 32 heavy (non-hydrogen) atoms. The molecule has 0 bridgehead atoms. The smallest absolute Gasteiger partial charge is 0.204 e. The van der Waals surface area contributed by atoms with Crippen LogP contribution in [0.25, 0.3) is 10.9 Å². The van der Waals surface area contributed by atoms with Gasteiger partial charge in [-0.1, -0.05) is 65.3 Å². The molecule has 0 amide bonds. The number of benzene rings is 2. The molecule has 0 N–H and O–H groups in total. The van der Waals surface area contributed by atoms with Crippen molar-refractivity contribution < 1.29 is 9.57 Å². The molecule has 8 nitrogen and oxygen atoms in total. The fourth-order valence-corrected chi connectivity index (χ4v) is 3.51. The Hall–Kier alpha value is -3.33. The van der Waals surface area contributed by atoms with Crippen molar-refractivity contribution in [2.75, 3.05) is 6.61 Å². The summed E-state index contributed by atoms with van der Waals surface area (Å²) in [4.78, 5) is 10.5. The fourth-order valence-electron chi connectivity index (χ4n) is 3.06. The van der Waals surface area contributed by atoms with E-state index in [9.17, 15) is 0 Å². The quantitative estimate of drug-likeness (QED) is 0.264. The first kappa shape index (κ1) is 21.9. The molecule has 2 aromatic heterocycles. The van der Waals surface area contributed by atoms with Crippen LogP contribution in [0.1, 0.15) is 30.9 Å². The minimum Gasteiger partial charge on any atom is -0.491 e. The van der Waals surface area contributed by atoms with Crippen LogP contribution in [0.3, 0.4) is 0 Å². The summed E-state index contributed by atoms with van der Waals surface area (Å²) in [6.45, 7) is 5.04. The molecule has 0 radical (unpaired) electrons. The minimum atomic E-state index is 0.188. The number of hydrogen-bond acceptors (Lipinski definition) is 7. The van der Waals surface area contributed by atoms with E-state index < -0.39 is 0 Å². The Bertz CT molecular complexity index is 1240. The number of oxime groups is 1. The monoisotopic (exact) mass is 494 g/mol. The summed E-state index contributed by atoms with van der Waals surface area (Å²) < 4.78 is 8.49. The molecular formula is C23H23BrN6O2. The standard InChI is InChI=1S/C23H23BrN6O2/c1-15(2)13-31-20-12-11-19(24)18-10-9-17(25-22(18)20)14-32-27-21(16-7-5-4-6-8-16)23-26-28-29-30(23)3/h4-12,15H,13-14H2,1-3H3/b27-21-. The van der Waals surface area contributed by atoms with E-state index in [1.807, 2.05) is 54.6 Å². The minimum absolute atomic E-state index is 0.188. The fraction of sp³-hybridized carbons (Fsp3) is 0.261. The zero-order valence-electron chi connectivity index (χ0n) is 18.1. The highest BCUT2D eigenvalue weighted by Gasteiger charge is 2.15. The second-order valence-corrected chi connectivity index (χ2v) is 8.51. The lowest BCUT2D eigenvalue weighted by atomic mass is 10.1. The number of ether oxygens (including phenoxy) is 1. The van der Waals surface area contributed by atoms with Crippen molar-refractivity contribution in [2.45, 2.75) is 20.5 Å². The van der Waals surface area contributed by atoms with Crippen LogP contribution in [0, 0.1) is 5.92 Å². The van der Waals surface area contributed by atoms with Crippen LogP contribution in [-0.2, 0) is 18.5 Å². The maximum Gasteiger partial charge on any atom is 0.204 e. The number of aromatic nitrogens is 5. The summed E-state index contributed by atoms with van der Waals surface area (Å²) in [7, 11) is 1.76. The predicted molar refractivity (Wildman–Crippen MR) is 125 cm³/mol. The van der Waals surface area contributed by atoms with Gasteiger partial charge in [-0.05, 0) is 40.6 Å². The van der Waals surface area contributed by atoms with E-state index >= 15 is 0 Å². The highest BCUT2D eigenvalue weighted by Crippen LogP contribution is 2.31. The first-order chi connectivity index (χ1) is 15.5. The third-order valence-electron chi connectivity index (χ3n) is 4.64. The number of aryl methyl sites for hydroxylation is 1. The van der Waals surface area contributed by atoms with Gasteiger partial charge in [-0.25, -0.2) is 9.67 Å². The lowest BCUT2D eigenvalue weighted by Gasteiger charge is -2.12. The molecule has 4 rings (SSSR count). The molecule has 0 aliphatic carbocycles. The third-order valence-corrected chi connectivity index (χ3v) is 5.34. The lowest BCUT2D eigenvalue weighted by molar-refractivity contribution is 0.128. The van der Waals surface area contributed by atoms with Gasteiger partial charge in [0.1, 0.15) is 11.3 Å². The number of halogens is 1. The molecule has 164 valence electrons. The Balaban J connectivity index is 1.60. The average Bonchev–Trinajstić information content (AvgIpc) is 3.22. The van der Waals surface area contributed by atoms with Crippen molar-refractivity contribution >= 4 is 32.5 Å². The van der Waals surface area contributed by atoms with Crippen molar-refractivity contribution in [1.82, 2.24) is 25.2 Å². The van der Waals surface area contributed by atoms with Gasteiger partial charge in [0, 0.05) is 22.5 Å². The van der Waals surface area contributed by atoms with Gasteiger partial charge >= 0.3 is 0 Å². The summed E-state index contributed by atoms with van der Waals surface area (Å²) in [6.07, 6.45) is 0. The Morgan fingerprint density at radius 3 is 2.62 bits per heavy atom. The van der Waals surface area contributed by atoms with Crippen LogP contribution in [0.2, 0.25) is 0 Å². The highest BCUT2D eigenvalue weighted by atomic mass is 79.9. The van der Waals surface area contributed by atoms with E-state index in [1.54, 1.807) is 11.7 Å². The molecule has 0 unspecified atom stereocenters. The molecule has 2 heterocycles. The number of nitrogens with zero attached hydrogens (tertiary/aromatic N) is 6. The highest BCUT2D eigenvalue weighted by molar-refractivity contribution is 9.10. The first-order valence-electron chi connectivity index (χ1n) is 10.2. The molecule has 4 aromatic rings. The molecule has 9 heteroatoms. The van der Waals surface area contributed by atoms with Gasteiger partial charge in [0.15, 0.2) is 12.3 Å². The molecule has 0 aliphatic heterocycles. The van der Waals surface area contributed by atoms with E-state index in [-0.39, 0.29) is 6.61 Å². The van der Waals surface area contributed by atoms with Gasteiger partial charge in [-0.15, -0.1) is 5.10 Å². The van der Waals surface area contributed by atoms with Gasteiger partial charge in [-0.3, -0.25) is 0 Å². The largest absolute Gasteiger partial charge is 0.491 e. The summed E-state index contributed by atoms with van der Waals surface area (Å²) >= 11 is 3.59. The van der Waals surface area contributed by atoms with Crippen LogP contribution in [0.4, 0.5) is 0 Å². The topological polar surface area (TPSA) is 87.3 Å². The van der Waals surface area contributed by atoms with Crippen molar-refractivity contribution in [2.24, 2.45) is 18.1 Å². The summed E-state index contributed by atoms with van der Waals surface area (Å²) in [5, 5.41) is 17.0. The van der Waals surface area contributed by atoms with E-state index in [2.05, 4.69) is 50.5 Å². The van der Waals surface area contributed by atoms with Gasteiger partial charge < -0.3 is 9.57 Å². The summed E-state index contributed by atoms with van der Waals surface area (Å²) in [5.41, 5.74) is 2.91. The molecular weight excluding hydrogens is 472 g/mol. The third kappa shape index (κ3) is 4.94. The second-order valence-electron chi connectivity index (χ2n) is 7.65. The van der Waals surface area contributed by atoms with Gasteiger partial charge in [-0.2, -0.15) is 0 Å². The summed E-state index contributed by atoms with van der Waals surface area (Å²) in [6, 6.07) is 17.5. The van der Waals surface area contributed by atoms with Gasteiger partial charge in [0.05, 0.1) is 12.3 Å². The Labute approximate surface area is 194 Å². The maximum absolute atomic E-state index is 5.98. The van der Waals surface area contributed by atoms with Gasteiger partial charge in [0.2, 0.25) is 5.82 Å². The molecule has 0 atom stereocenters. The Morgan fingerprint density at radius 1 is 1.09 bits per heavy atom. The SMILES string of the molecule is CC(C)COc1ccc(Br)c2ccc(CO/N=C(/c3ccccc3)c3nnnn3C)nc12. The number of rotatable bonds is 8. The van der Waals surface area contributed by atoms with E-state index in [0.717, 1.165) is 32.4 Å². The molecule has 2 aromatic carbocycles.